The highest BCUT2D eigenvalue weighted by Crippen LogP contribution is 2.14. The summed E-state index contributed by atoms with van der Waals surface area (Å²) in [7, 11) is 0. The number of amides is 1. The third-order valence-electron chi connectivity index (χ3n) is 3.27. The lowest BCUT2D eigenvalue weighted by molar-refractivity contribution is 0.166. The van der Waals surface area contributed by atoms with Crippen LogP contribution in [0.4, 0.5) is 10.5 Å². The van der Waals surface area contributed by atoms with Crippen LogP contribution in [0.15, 0.2) is 33.9 Å². The first-order valence-electron chi connectivity index (χ1n) is 7.89. The Morgan fingerprint density at radius 3 is 2.45 bits per heavy atom. The van der Waals surface area contributed by atoms with Crippen molar-refractivity contribution in [3.8, 4) is 0 Å². The number of nitrogens with one attached hydrogen (secondary N) is 1. The van der Waals surface area contributed by atoms with Gasteiger partial charge in [0.1, 0.15) is 0 Å². The van der Waals surface area contributed by atoms with E-state index < -0.39 is 6.09 Å². The molecule has 1 amide bonds. The Hall–Kier alpha value is -1.36. The van der Waals surface area contributed by atoms with Crippen LogP contribution < -0.4 is 5.32 Å². The van der Waals surface area contributed by atoms with Crippen LogP contribution in [0, 0.1) is 0 Å². The quantitative estimate of drug-likeness (QED) is 0.247. The summed E-state index contributed by atoms with van der Waals surface area (Å²) in [5.41, 5.74) is 1.53. The normalized spacial score (nSPS) is 11.3. The molecule has 0 heterocycles. The van der Waals surface area contributed by atoms with Gasteiger partial charge in [-0.1, -0.05) is 60.1 Å². The SMILES string of the molecule is CCCCCCCCC(C)=NOC(=O)Nc1ccc(Br)cc1. The maximum atomic E-state index is 11.6. The zero-order valence-electron chi connectivity index (χ0n) is 13.4. The van der Waals surface area contributed by atoms with Gasteiger partial charge in [0.05, 0.1) is 5.71 Å². The van der Waals surface area contributed by atoms with Crippen LogP contribution in [0.5, 0.6) is 0 Å². The Bertz CT molecular complexity index is 472. The molecule has 0 aliphatic heterocycles. The summed E-state index contributed by atoms with van der Waals surface area (Å²) in [5.74, 6) is 0. The predicted octanol–water partition coefficient (Wildman–Crippen LogP) is 6.12. The second-order valence-corrected chi connectivity index (χ2v) is 6.27. The summed E-state index contributed by atoms with van der Waals surface area (Å²) >= 11 is 3.34. The van der Waals surface area contributed by atoms with Gasteiger partial charge in [-0.05, 0) is 44.0 Å². The number of rotatable bonds is 9. The van der Waals surface area contributed by atoms with Crippen molar-refractivity contribution >= 4 is 33.4 Å². The average Bonchev–Trinajstić information content (AvgIpc) is 2.51. The van der Waals surface area contributed by atoms with Gasteiger partial charge in [0.2, 0.25) is 0 Å². The highest BCUT2D eigenvalue weighted by atomic mass is 79.9. The van der Waals surface area contributed by atoms with Crippen molar-refractivity contribution < 1.29 is 9.63 Å². The minimum Gasteiger partial charge on any atom is -0.298 e. The molecule has 1 N–H and O–H groups in total. The fourth-order valence-corrected chi connectivity index (χ4v) is 2.26. The monoisotopic (exact) mass is 368 g/mol. The lowest BCUT2D eigenvalue weighted by Gasteiger charge is -2.04. The van der Waals surface area contributed by atoms with Crippen LogP contribution in [-0.4, -0.2) is 11.8 Å². The molecule has 5 heteroatoms. The van der Waals surface area contributed by atoms with E-state index in [9.17, 15) is 4.79 Å². The van der Waals surface area contributed by atoms with Gasteiger partial charge < -0.3 is 0 Å². The third-order valence-corrected chi connectivity index (χ3v) is 3.80. The predicted molar refractivity (Wildman–Crippen MR) is 95.3 cm³/mol. The van der Waals surface area contributed by atoms with Crippen molar-refractivity contribution in [2.24, 2.45) is 5.16 Å². The van der Waals surface area contributed by atoms with E-state index in [1.807, 2.05) is 19.1 Å². The standard InChI is InChI=1S/C17H25BrN2O2/c1-3-4-5-6-7-8-9-14(2)20-22-17(21)19-16-12-10-15(18)11-13-16/h10-13H,3-9H2,1-2H3,(H,19,21). The van der Waals surface area contributed by atoms with E-state index in [1.165, 1.54) is 32.1 Å². The maximum Gasteiger partial charge on any atom is 0.437 e. The van der Waals surface area contributed by atoms with Gasteiger partial charge >= 0.3 is 6.09 Å². The van der Waals surface area contributed by atoms with Crippen LogP contribution in [0.25, 0.3) is 0 Å². The van der Waals surface area contributed by atoms with E-state index in [2.05, 4.69) is 33.3 Å². The van der Waals surface area contributed by atoms with Crippen LogP contribution >= 0.6 is 15.9 Å². The number of hydrogen-bond donors (Lipinski definition) is 1. The first kappa shape index (κ1) is 18.7. The summed E-state index contributed by atoms with van der Waals surface area (Å²) in [4.78, 5) is 16.5. The minimum absolute atomic E-state index is 0.565. The van der Waals surface area contributed by atoms with E-state index in [-0.39, 0.29) is 0 Å². The van der Waals surface area contributed by atoms with E-state index in [0.29, 0.717) is 5.69 Å². The van der Waals surface area contributed by atoms with E-state index >= 15 is 0 Å². The molecule has 0 aliphatic carbocycles. The molecule has 0 saturated carbocycles. The number of nitrogens with zero attached hydrogens (tertiary/aromatic N) is 1. The number of benzene rings is 1. The molecule has 122 valence electrons. The topological polar surface area (TPSA) is 50.7 Å². The number of carbonyl (C=O) groups excluding carboxylic acids is 1. The summed E-state index contributed by atoms with van der Waals surface area (Å²) < 4.78 is 0.958. The molecular formula is C17H25BrN2O2. The van der Waals surface area contributed by atoms with Crippen LogP contribution in [0.3, 0.4) is 0 Å². The maximum absolute atomic E-state index is 11.6. The first-order valence-corrected chi connectivity index (χ1v) is 8.68. The molecule has 1 aromatic carbocycles. The van der Waals surface area contributed by atoms with E-state index in [0.717, 1.165) is 23.0 Å². The van der Waals surface area contributed by atoms with Gasteiger partial charge in [0.15, 0.2) is 0 Å². The Morgan fingerprint density at radius 2 is 1.77 bits per heavy atom. The fourth-order valence-electron chi connectivity index (χ4n) is 2.00. The highest BCUT2D eigenvalue weighted by molar-refractivity contribution is 9.10. The van der Waals surface area contributed by atoms with Crippen LogP contribution in [0.1, 0.15) is 58.8 Å². The lowest BCUT2D eigenvalue weighted by atomic mass is 10.1. The van der Waals surface area contributed by atoms with Gasteiger partial charge in [0.25, 0.3) is 0 Å². The summed E-state index contributed by atoms with van der Waals surface area (Å²) in [5, 5.41) is 6.49. The van der Waals surface area contributed by atoms with Gasteiger partial charge in [-0.15, -0.1) is 0 Å². The molecule has 0 spiro atoms. The van der Waals surface area contributed by atoms with Gasteiger partial charge in [-0.25, -0.2) is 4.79 Å². The van der Waals surface area contributed by atoms with Crippen molar-refractivity contribution in [1.29, 1.82) is 0 Å². The molecule has 0 saturated heterocycles. The molecule has 0 bridgehead atoms. The van der Waals surface area contributed by atoms with Crippen LogP contribution in [0.2, 0.25) is 0 Å². The van der Waals surface area contributed by atoms with E-state index in [1.54, 1.807) is 12.1 Å². The Morgan fingerprint density at radius 1 is 1.14 bits per heavy atom. The average molecular weight is 369 g/mol. The Balaban J connectivity index is 2.19. The Labute approximate surface area is 141 Å². The number of carbonyl (C=O) groups is 1. The van der Waals surface area contributed by atoms with E-state index in [4.69, 9.17) is 4.84 Å². The lowest BCUT2D eigenvalue weighted by Crippen LogP contribution is -2.11. The molecule has 0 aliphatic rings. The van der Waals surface area contributed by atoms with Gasteiger partial charge in [-0.2, -0.15) is 0 Å². The summed E-state index contributed by atoms with van der Waals surface area (Å²) in [6.45, 7) is 4.10. The van der Waals surface area contributed by atoms with Crippen molar-refractivity contribution in [1.82, 2.24) is 0 Å². The Kier molecular flexibility index (Phi) is 9.55. The number of anilines is 1. The molecule has 0 unspecified atom stereocenters. The summed E-state index contributed by atoms with van der Waals surface area (Å²) in [6, 6.07) is 7.28. The second kappa shape index (κ2) is 11.2. The zero-order valence-corrected chi connectivity index (χ0v) is 15.0. The molecule has 22 heavy (non-hydrogen) atoms. The largest absolute Gasteiger partial charge is 0.437 e. The van der Waals surface area contributed by atoms with Gasteiger partial charge in [0, 0.05) is 10.2 Å². The molecule has 1 aromatic rings. The smallest absolute Gasteiger partial charge is 0.298 e. The fraction of sp³-hybridized carbons (Fsp3) is 0.529. The number of oxime groups is 1. The number of halogens is 1. The molecule has 0 fully saturated rings. The van der Waals surface area contributed by atoms with Crippen molar-refractivity contribution in [2.75, 3.05) is 5.32 Å². The minimum atomic E-state index is -0.565. The van der Waals surface area contributed by atoms with Crippen molar-refractivity contribution in [3.63, 3.8) is 0 Å². The summed E-state index contributed by atoms with van der Waals surface area (Å²) in [6.07, 6.45) is 7.76. The molecule has 0 aromatic heterocycles. The molecule has 0 atom stereocenters. The molecule has 0 radical (unpaired) electrons. The molecule has 4 nitrogen and oxygen atoms in total. The van der Waals surface area contributed by atoms with Gasteiger partial charge in [-0.3, -0.25) is 10.2 Å². The first-order chi connectivity index (χ1) is 10.6. The zero-order chi connectivity index (χ0) is 16.2. The highest BCUT2D eigenvalue weighted by Gasteiger charge is 2.03. The van der Waals surface area contributed by atoms with Crippen molar-refractivity contribution in [3.05, 3.63) is 28.7 Å². The number of hydrogen-bond acceptors (Lipinski definition) is 3. The third kappa shape index (κ3) is 8.82. The second-order valence-electron chi connectivity index (χ2n) is 5.35. The van der Waals surface area contributed by atoms with Crippen LogP contribution in [-0.2, 0) is 4.84 Å². The molecular weight excluding hydrogens is 344 g/mol. The molecule has 1 rings (SSSR count). The number of unbranched alkanes of at least 4 members (excludes halogenated alkanes) is 5. The van der Waals surface area contributed by atoms with Crippen molar-refractivity contribution in [2.45, 2.75) is 58.8 Å².